The summed E-state index contributed by atoms with van der Waals surface area (Å²) >= 11 is 3.48. The van der Waals surface area contributed by atoms with Crippen molar-refractivity contribution in [1.29, 1.82) is 0 Å². The summed E-state index contributed by atoms with van der Waals surface area (Å²) in [5.41, 5.74) is 5.92. The van der Waals surface area contributed by atoms with Crippen molar-refractivity contribution < 1.29 is 41.9 Å². The second-order valence-corrected chi connectivity index (χ2v) is 23.4. The van der Waals surface area contributed by atoms with Crippen LogP contribution in [0.1, 0.15) is 49.3 Å². The van der Waals surface area contributed by atoms with Gasteiger partial charge in [-0.05, 0) is 96.3 Å². The first-order chi connectivity index (χ1) is 29.1. The smallest absolute Gasteiger partial charge is 1.00 e. The van der Waals surface area contributed by atoms with Crippen molar-refractivity contribution in [3.8, 4) is 0 Å². The Morgan fingerprint density at radius 3 is 1.59 bits per heavy atom. The molecule has 4 aliphatic rings. The van der Waals surface area contributed by atoms with Crippen LogP contribution in [0.5, 0.6) is 0 Å². The van der Waals surface area contributed by atoms with Gasteiger partial charge in [0.2, 0.25) is 26.0 Å². The van der Waals surface area contributed by atoms with Gasteiger partial charge in [-0.15, -0.1) is 22.7 Å². The molecule has 10 rings (SSSR count). The second kappa shape index (κ2) is 18.5. The minimum atomic E-state index is -3.30. The number of benzene rings is 4. The molecular weight excluding hydrogens is 879 g/mol. The first-order valence-electron chi connectivity index (χ1n) is 20.9. The summed E-state index contributed by atoms with van der Waals surface area (Å²) in [7, 11) is -6.55. The monoisotopic (exact) mass is 934 g/mol. The summed E-state index contributed by atoms with van der Waals surface area (Å²) in [5, 5.41) is 2.25. The number of para-hydroxylation sites is 2. The molecule has 4 atom stereocenters. The van der Waals surface area contributed by atoms with Crippen molar-refractivity contribution in [3.63, 3.8) is 0 Å². The molecule has 6 aromatic rings. The number of carbonyl (C=O) groups is 1. The third kappa shape index (κ3) is 10.3. The molecule has 11 nitrogen and oxygen atoms in total. The molecule has 0 spiro atoms. The van der Waals surface area contributed by atoms with Gasteiger partial charge < -0.3 is 11.2 Å². The number of amides is 1. The quantitative estimate of drug-likeness (QED) is 0.167. The number of aromatic nitrogens is 2. The minimum absolute atomic E-state index is 0. The van der Waals surface area contributed by atoms with Crippen LogP contribution in [0.2, 0.25) is 0 Å². The van der Waals surface area contributed by atoms with Crippen LogP contribution in [-0.2, 0) is 48.5 Å². The molecule has 0 radical (unpaired) electrons. The molecule has 2 aliphatic heterocycles. The number of sulfonamides is 2. The number of fused-ring (bicyclic) bond motifs is 4. The van der Waals surface area contributed by atoms with Gasteiger partial charge in [0.25, 0.3) is 0 Å². The van der Waals surface area contributed by atoms with E-state index in [1.807, 2.05) is 70.8 Å². The van der Waals surface area contributed by atoms with E-state index in [9.17, 15) is 21.6 Å². The maximum absolute atomic E-state index is 12.8. The van der Waals surface area contributed by atoms with Gasteiger partial charge in [-0.2, -0.15) is 0 Å². The second-order valence-electron chi connectivity index (χ2n) is 17.7. The molecule has 63 heavy (non-hydrogen) atoms. The van der Waals surface area contributed by atoms with Crippen LogP contribution in [0.15, 0.2) is 97.1 Å². The van der Waals surface area contributed by atoms with Gasteiger partial charge in [0.15, 0.2) is 17.4 Å². The Morgan fingerprint density at radius 2 is 1.13 bits per heavy atom. The van der Waals surface area contributed by atoms with E-state index in [4.69, 9.17) is 4.98 Å². The van der Waals surface area contributed by atoms with Crippen LogP contribution in [0.25, 0.3) is 20.4 Å². The SMILES string of the molecule is CC1(c2cccc(NS(C)(=O)=O)c2)C2CN(C(=O)CCc3nc4ccccc4s3)CC21.CC1(c2cccc(NS(C)(=O)=O)c2)C2CN(CCCc3nc4ccccc4s3)CC21.[AlH3].[H-].[Li+]. The molecule has 2 aromatic heterocycles. The van der Waals surface area contributed by atoms with Gasteiger partial charge in [0.1, 0.15) is 0 Å². The van der Waals surface area contributed by atoms with E-state index in [0.29, 0.717) is 47.9 Å². The number of thiazole rings is 2. The van der Waals surface area contributed by atoms with Crippen LogP contribution < -0.4 is 28.3 Å². The van der Waals surface area contributed by atoms with E-state index < -0.39 is 20.0 Å². The van der Waals surface area contributed by atoms with E-state index in [-0.39, 0.29) is 54.4 Å². The summed E-state index contributed by atoms with van der Waals surface area (Å²) in [5.74, 6) is 2.36. The van der Waals surface area contributed by atoms with Crippen molar-refractivity contribution in [1.82, 2.24) is 19.8 Å². The maximum atomic E-state index is 12.8. The van der Waals surface area contributed by atoms with Crippen LogP contribution in [0, 0.1) is 23.7 Å². The van der Waals surface area contributed by atoms with Gasteiger partial charge in [-0.3, -0.25) is 14.2 Å². The van der Waals surface area contributed by atoms with Crippen LogP contribution >= 0.6 is 22.7 Å². The fourth-order valence-electron chi connectivity index (χ4n) is 10.2. The molecule has 4 aromatic carbocycles. The molecule has 2 N–H and O–H groups in total. The summed E-state index contributed by atoms with van der Waals surface area (Å²) < 4.78 is 53.8. The molecule has 2 aliphatic carbocycles. The van der Waals surface area contributed by atoms with Gasteiger partial charge in [0, 0.05) is 67.6 Å². The summed E-state index contributed by atoms with van der Waals surface area (Å²) in [6.07, 6.45) is 5.71. The van der Waals surface area contributed by atoms with Crippen molar-refractivity contribution in [2.45, 2.75) is 50.4 Å². The minimum Gasteiger partial charge on any atom is -1.00 e. The molecule has 4 heterocycles. The zero-order valence-corrected chi connectivity index (χ0v) is 39.1. The Bertz CT molecular complexity index is 2770. The molecule has 0 bridgehead atoms. The maximum Gasteiger partial charge on any atom is 1.00 e. The first kappa shape index (κ1) is 47.7. The largest absolute Gasteiger partial charge is 1.00 e. The standard InChI is InChI=1S/C23H25N3O3S2.C23H27N3O2S2.Al.Li.4H/c1-23(15-6-5-7-16(12-15)25-31(2,28)29)17-13-26(14-18(17)23)22(27)11-10-21-24-19-8-3-4-9-20(19)30-21;1-23(16-7-5-8-17(13-16)25-30(2,27)28)18-14-26(15-19(18)23)12-6-11-22-24-20-9-3-4-10-21(20)29-22;;;;;;/h3-9,12,17-18,25H,10-11,13-14H2,1-2H3;3-5,7-10,13,18-19,25H,6,11-12,14-15H2,1-2H3;;;;;;/q;;;+1;;;;-1. The van der Waals surface area contributed by atoms with Crippen molar-refractivity contribution in [3.05, 3.63) is 118 Å². The van der Waals surface area contributed by atoms with Crippen LogP contribution in [-0.4, -0.2) is 105 Å². The van der Waals surface area contributed by atoms with Crippen molar-refractivity contribution >= 4 is 97.8 Å². The average molecular weight is 935 g/mol. The van der Waals surface area contributed by atoms with Gasteiger partial charge in [-0.25, -0.2) is 26.8 Å². The number of aryl methyl sites for hydroxylation is 2. The first-order valence-corrected chi connectivity index (χ1v) is 26.3. The van der Waals surface area contributed by atoms with Crippen LogP contribution in [0.4, 0.5) is 11.4 Å². The molecule has 17 heteroatoms. The fraction of sp³-hybridized carbons (Fsp3) is 0.413. The molecule has 1 amide bonds. The number of piperidine rings is 2. The zero-order valence-electron chi connectivity index (χ0n) is 36.9. The normalized spacial score (nSPS) is 24.7. The van der Waals surface area contributed by atoms with E-state index in [1.165, 1.54) is 21.5 Å². The summed E-state index contributed by atoms with van der Waals surface area (Å²) in [6.45, 7) is 9.47. The topological polar surface area (TPSA) is 142 Å². The number of hydrogen-bond acceptors (Lipinski definition) is 10. The Labute approximate surface area is 403 Å². The summed E-state index contributed by atoms with van der Waals surface area (Å²) in [6, 6.07) is 32.0. The Morgan fingerprint density at radius 1 is 0.683 bits per heavy atom. The predicted molar refractivity (Wildman–Crippen MR) is 258 cm³/mol. The number of hydrogen-bond donors (Lipinski definition) is 2. The number of rotatable bonds is 13. The molecular formula is C46H56AlLiN6O5S4. The Balaban J connectivity index is 0.000000203. The van der Waals surface area contributed by atoms with E-state index in [1.54, 1.807) is 17.4 Å². The molecule has 4 fully saturated rings. The molecule has 4 unspecified atom stereocenters. The Kier molecular flexibility index (Phi) is 14.0. The third-order valence-electron chi connectivity index (χ3n) is 13.6. The number of anilines is 2. The van der Waals surface area contributed by atoms with Gasteiger partial charge in [-0.1, -0.05) is 62.4 Å². The number of nitrogens with zero attached hydrogens (tertiary/aromatic N) is 4. The van der Waals surface area contributed by atoms with Crippen LogP contribution in [0.3, 0.4) is 0 Å². The van der Waals surface area contributed by atoms with Gasteiger partial charge in [0.05, 0.1) is 43.0 Å². The predicted octanol–water partition coefficient (Wildman–Crippen LogP) is 3.70. The zero-order chi connectivity index (χ0) is 42.7. The van der Waals surface area contributed by atoms with Gasteiger partial charge >= 0.3 is 18.9 Å². The summed E-state index contributed by atoms with van der Waals surface area (Å²) in [4.78, 5) is 26.7. The fourth-order valence-corrected chi connectivity index (χ4v) is 13.3. The van der Waals surface area contributed by atoms with Crippen molar-refractivity contribution in [2.24, 2.45) is 23.7 Å². The third-order valence-corrected chi connectivity index (χ3v) is 17.0. The molecule has 2 saturated heterocycles. The average Bonchev–Trinajstić information content (AvgIpc) is 3.69. The molecule has 2 saturated carbocycles. The van der Waals surface area contributed by atoms with Crippen molar-refractivity contribution in [2.75, 3.05) is 54.7 Å². The molecule has 328 valence electrons. The van der Waals surface area contributed by atoms with E-state index in [0.717, 1.165) is 78.1 Å². The Hall–Kier alpha value is -3.28. The number of carbonyl (C=O) groups excluding carboxylic acids is 1. The van der Waals surface area contributed by atoms with E-state index in [2.05, 4.69) is 69.6 Å². The number of nitrogens with one attached hydrogen (secondary N) is 2. The van der Waals surface area contributed by atoms with E-state index >= 15 is 0 Å². The number of likely N-dealkylation sites (tertiary alicyclic amines) is 2.